The molecule has 0 fully saturated rings. The van der Waals surface area contributed by atoms with E-state index in [0.29, 0.717) is 6.42 Å². The summed E-state index contributed by atoms with van der Waals surface area (Å²) in [5, 5.41) is 4.10. The van der Waals surface area contributed by atoms with Gasteiger partial charge in [-0.15, -0.1) is 0 Å². The molecule has 0 aliphatic rings. The molecule has 100 valence electrons. The van der Waals surface area contributed by atoms with Gasteiger partial charge < -0.3 is 5.32 Å². The van der Waals surface area contributed by atoms with E-state index in [1.165, 1.54) is 6.07 Å². The van der Waals surface area contributed by atoms with E-state index in [9.17, 15) is 4.39 Å². The van der Waals surface area contributed by atoms with Crippen molar-refractivity contribution < 1.29 is 4.39 Å². The molecule has 0 saturated carbocycles. The zero-order chi connectivity index (χ0) is 13.8. The van der Waals surface area contributed by atoms with Crippen LogP contribution in [-0.2, 0) is 6.42 Å². The fraction of sp³-hybridized carbons (Fsp3) is 0.200. The maximum Gasteiger partial charge on any atom is 0.126 e. The van der Waals surface area contributed by atoms with Crippen molar-refractivity contribution >= 4 is 39.9 Å². The van der Waals surface area contributed by atoms with Gasteiger partial charge in [0.1, 0.15) is 5.82 Å². The smallest absolute Gasteiger partial charge is 0.126 e. The maximum atomic E-state index is 13.6. The molecule has 2 aromatic rings. The summed E-state index contributed by atoms with van der Waals surface area (Å²) in [6, 6.07) is 12.7. The Hall–Kier alpha value is -0.810. The summed E-state index contributed by atoms with van der Waals surface area (Å²) < 4.78 is 14.6. The summed E-state index contributed by atoms with van der Waals surface area (Å²) in [5.41, 5.74) is 1.75. The molecule has 1 atom stereocenters. The van der Waals surface area contributed by atoms with Crippen molar-refractivity contribution in [3.8, 4) is 0 Å². The number of hydrogen-bond acceptors (Lipinski definition) is 1. The van der Waals surface area contributed by atoms with E-state index < -0.39 is 0 Å². The van der Waals surface area contributed by atoms with E-state index in [2.05, 4.69) is 27.9 Å². The molecule has 0 bridgehead atoms. The zero-order valence-corrected chi connectivity index (χ0v) is 13.4. The number of nitrogens with one attached hydrogen (secondary N) is 1. The van der Waals surface area contributed by atoms with Gasteiger partial charge >= 0.3 is 0 Å². The van der Waals surface area contributed by atoms with Crippen LogP contribution in [0.25, 0.3) is 0 Å². The lowest BCUT2D eigenvalue weighted by atomic mass is 10.1. The number of benzene rings is 2. The Labute approximate surface area is 131 Å². The van der Waals surface area contributed by atoms with Crippen molar-refractivity contribution in [2.24, 2.45) is 0 Å². The number of rotatable bonds is 4. The van der Waals surface area contributed by atoms with Gasteiger partial charge in [0, 0.05) is 20.3 Å². The minimum Gasteiger partial charge on any atom is -0.381 e. The standard InChI is InChI=1S/C15H14ClFIN/c1-10(8-11-4-2-3-5-13(11)17)19-15-7-6-12(16)9-14(15)18/h2-7,9-10,19H,8H2,1H3. The van der Waals surface area contributed by atoms with Crippen molar-refractivity contribution in [2.45, 2.75) is 19.4 Å². The van der Waals surface area contributed by atoms with Crippen molar-refractivity contribution in [2.75, 3.05) is 5.32 Å². The van der Waals surface area contributed by atoms with Crippen LogP contribution in [0.15, 0.2) is 42.5 Å². The van der Waals surface area contributed by atoms with Gasteiger partial charge in [-0.25, -0.2) is 4.39 Å². The summed E-state index contributed by atoms with van der Waals surface area (Å²) in [4.78, 5) is 0. The maximum absolute atomic E-state index is 13.6. The van der Waals surface area contributed by atoms with Crippen molar-refractivity contribution in [1.29, 1.82) is 0 Å². The van der Waals surface area contributed by atoms with Crippen molar-refractivity contribution in [3.05, 3.63) is 62.4 Å². The number of hydrogen-bond donors (Lipinski definition) is 1. The van der Waals surface area contributed by atoms with E-state index in [1.54, 1.807) is 6.07 Å². The molecule has 1 N–H and O–H groups in total. The van der Waals surface area contributed by atoms with Gasteiger partial charge in [0.15, 0.2) is 0 Å². The Kier molecular flexibility index (Phi) is 5.05. The third kappa shape index (κ3) is 4.08. The Balaban J connectivity index is 2.05. The summed E-state index contributed by atoms with van der Waals surface area (Å²) in [6.07, 6.45) is 0.644. The van der Waals surface area contributed by atoms with E-state index in [-0.39, 0.29) is 11.9 Å². The second kappa shape index (κ2) is 6.57. The van der Waals surface area contributed by atoms with Crippen LogP contribution in [0.2, 0.25) is 5.02 Å². The van der Waals surface area contributed by atoms with Crippen LogP contribution in [0, 0.1) is 9.39 Å². The molecular formula is C15H14ClFIN. The van der Waals surface area contributed by atoms with Crippen LogP contribution in [0.1, 0.15) is 12.5 Å². The SMILES string of the molecule is CC(Cc1ccccc1F)Nc1ccc(Cl)cc1I. The van der Waals surface area contributed by atoms with E-state index in [4.69, 9.17) is 11.6 Å². The number of halogens is 3. The zero-order valence-electron chi connectivity index (χ0n) is 10.5. The molecule has 0 heterocycles. The van der Waals surface area contributed by atoms with Crippen LogP contribution in [-0.4, -0.2) is 6.04 Å². The average Bonchev–Trinajstić information content (AvgIpc) is 2.36. The molecule has 0 radical (unpaired) electrons. The molecule has 0 aliphatic heterocycles. The molecule has 0 saturated heterocycles. The largest absolute Gasteiger partial charge is 0.381 e. The van der Waals surface area contributed by atoms with Gasteiger partial charge in [-0.1, -0.05) is 29.8 Å². The van der Waals surface area contributed by atoms with E-state index in [1.807, 2.05) is 37.3 Å². The molecule has 0 spiro atoms. The Morgan fingerprint density at radius 3 is 2.68 bits per heavy atom. The van der Waals surface area contributed by atoms with Crippen molar-refractivity contribution in [3.63, 3.8) is 0 Å². The summed E-state index contributed by atoms with van der Waals surface area (Å²) in [6.45, 7) is 2.04. The van der Waals surface area contributed by atoms with Crippen LogP contribution < -0.4 is 5.32 Å². The fourth-order valence-corrected chi connectivity index (χ4v) is 2.94. The van der Waals surface area contributed by atoms with Crippen LogP contribution >= 0.6 is 34.2 Å². The van der Waals surface area contributed by atoms with Crippen LogP contribution in [0.4, 0.5) is 10.1 Å². The number of anilines is 1. The first-order valence-corrected chi connectivity index (χ1v) is 7.47. The second-order valence-corrected chi connectivity index (χ2v) is 6.06. The molecular weight excluding hydrogens is 376 g/mol. The quantitative estimate of drug-likeness (QED) is 0.715. The van der Waals surface area contributed by atoms with Gasteiger partial charge in [0.25, 0.3) is 0 Å². The Morgan fingerprint density at radius 2 is 2.00 bits per heavy atom. The van der Waals surface area contributed by atoms with E-state index >= 15 is 0 Å². The Morgan fingerprint density at radius 1 is 1.26 bits per heavy atom. The summed E-state index contributed by atoms with van der Waals surface area (Å²) in [5.74, 6) is -0.151. The van der Waals surface area contributed by atoms with Gasteiger partial charge in [0.05, 0.1) is 0 Å². The molecule has 0 aromatic heterocycles. The van der Waals surface area contributed by atoms with Gasteiger partial charge in [-0.05, 0) is 65.8 Å². The van der Waals surface area contributed by atoms with Crippen molar-refractivity contribution in [1.82, 2.24) is 0 Å². The molecule has 0 amide bonds. The molecule has 1 nitrogen and oxygen atoms in total. The van der Waals surface area contributed by atoms with Gasteiger partial charge in [-0.3, -0.25) is 0 Å². The highest BCUT2D eigenvalue weighted by Crippen LogP contribution is 2.23. The molecule has 4 heteroatoms. The van der Waals surface area contributed by atoms with Gasteiger partial charge in [0.2, 0.25) is 0 Å². The predicted molar refractivity (Wildman–Crippen MR) is 87.4 cm³/mol. The fourth-order valence-electron chi connectivity index (χ4n) is 1.92. The highest BCUT2D eigenvalue weighted by molar-refractivity contribution is 14.1. The lowest BCUT2D eigenvalue weighted by Crippen LogP contribution is -2.19. The molecule has 0 aliphatic carbocycles. The third-order valence-electron chi connectivity index (χ3n) is 2.82. The lowest BCUT2D eigenvalue weighted by Gasteiger charge is -2.17. The third-order valence-corrected chi connectivity index (χ3v) is 3.94. The first kappa shape index (κ1) is 14.6. The Bertz CT molecular complexity index is 574. The molecule has 19 heavy (non-hydrogen) atoms. The van der Waals surface area contributed by atoms with Gasteiger partial charge in [-0.2, -0.15) is 0 Å². The van der Waals surface area contributed by atoms with Crippen LogP contribution in [0.5, 0.6) is 0 Å². The summed E-state index contributed by atoms with van der Waals surface area (Å²) >= 11 is 8.16. The molecule has 2 aromatic carbocycles. The summed E-state index contributed by atoms with van der Waals surface area (Å²) in [7, 11) is 0. The second-order valence-electron chi connectivity index (χ2n) is 4.47. The molecule has 1 unspecified atom stereocenters. The first-order chi connectivity index (χ1) is 9.06. The topological polar surface area (TPSA) is 12.0 Å². The van der Waals surface area contributed by atoms with Crippen LogP contribution in [0.3, 0.4) is 0 Å². The predicted octanol–water partition coefficient (Wildman–Crippen LogP) is 5.13. The monoisotopic (exact) mass is 389 g/mol. The highest BCUT2D eigenvalue weighted by atomic mass is 127. The highest BCUT2D eigenvalue weighted by Gasteiger charge is 2.09. The molecule has 2 rings (SSSR count). The normalized spacial score (nSPS) is 12.2. The van der Waals surface area contributed by atoms with E-state index in [0.717, 1.165) is 19.8 Å². The first-order valence-electron chi connectivity index (χ1n) is 6.01. The average molecular weight is 390 g/mol. The lowest BCUT2D eigenvalue weighted by molar-refractivity contribution is 0.601. The minimum absolute atomic E-state index is 0.145. The minimum atomic E-state index is -0.151.